The fourth-order valence-electron chi connectivity index (χ4n) is 1.95. The van der Waals surface area contributed by atoms with Gasteiger partial charge in [0.05, 0.1) is 13.7 Å². The van der Waals surface area contributed by atoms with Crippen LogP contribution >= 0.6 is 0 Å². The van der Waals surface area contributed by atoms with Gasteiger partial charge in [-0.1, -0.05) is 13.0 Å². The molecule has 0 amide bonds. The van der Waals surface area contributed by atoms with Crippen LogP contribution in [0.1, 0.15) is 25.8 Å². The van der Waals surface area contributed by atoms with Gasteiger partial charge in [0.1, 0.15) is 11.6 Å². The first-order chi connectivity index (χ1) is 9.47. The first-order valence-corrected chi connectivity index (χ1v) is 6.50. The summed E-state index contributed by atoms with van der Waals surface area (Å²) in [6, 6.07) is 4.27. The van der Waals surface area contributed by atoms with Crippen LogP contribution in [0, 0.1) is 11.7 Å². The van der Waals surface area contributed by atoms with Gasteiger partial charge in [-0.3, -0.25) is 4.79 Å². The van der Waals surface area contributed by atoms with Crippen LogP contribution < -0.4 is 4.74 Å². The minimum Gasteiger partial charge on any atom is -0.496 e. The van der Waals surface area contributed by atoms with Crippen LogP contribution in [-0.4, -0.2) is 25.5 Å². The number of carbonyl (C=O) groups is 2. The highest BCUT2D eigenvalue weighted by Gasteiger charge is 2.19. The van der Waals surface area contributed by atoms with E-state index in [1.807, 2.05) is 6.92 Å². The Morgan fingerprint density at radius 3 is 2.65 bits per heavy atom. The predicted molar refractivity (Wildman–Crippen MR) is 72.1 cm³/mol. The molecular formula is C15H19FO4. The van der Waals surface area contributed by atoms with Gasteiger partial charge in [-0.2, -0.15) is 0 Å². The van der Waals surface area contributed by atoms with Gasteiger partial charge in [0.2, 0.25) is 5.78 Å². The average molecular weight is 282 g/mol. The number of methoxy groups -OCH3 is 1. The lowest BCUT2D eigenvalue weighted by Gasteiger charge is -2.13. The van der Waals surface area contributed by atoms with Crippen molar-refractivity contribution in [2.45, 2.75) is 26.7 Å². The summed E-state index contributed by atoms with van der Waals surface area (Å²) in [6.45, 7) is 3.68. The summed E-state index contributed by atoms with van der Waals surface area (Å²) in [4.78, 5) is 22.8. The summed E-state index contributed by atoms with van der Waals surface area (Å²) in [6.07, 6.45) is 0.619. The fourth-order valence-corrected chi connectivity index (χ4v) is 1.95. The average Bonchev–Trinajstić information content (AvgIpc) is 2.40. The molecule has 20 heavy (non-hydrogen) atoms. The van der Waals surface area contributed by atoms with E-state index in [1.165, 1.54) is 19.2 Å². The molecule has 1 aromatic rings. The molecule has 0 radical (unpaired) electrons. The van der Waals surface area contributed by atoms with Crippen molar-refractivity contribution in [3.05, 3.63) is 29.6 Å². The maximum atomic E-state index is 13.1. The Kier molecular flexibility index (Phi) is 6.15. The molecule has 5 heteroatoms. The second-order valence-electron chi connectivity index (χ2n) is 4.61. The van der Waals surface area contributed by atoms with Crippen molar-refractivity contribution in [3.8, 4) is 5.75 Å². The normalized spacial score (nSPS) is 11.8. The van der Waals surface area contributed by atoms with Gasteiger partial charge >= 0.3 is 5.97 Å². The van der Waals surface area contributed by atoms with Crippen LogP contribution in [-0.2, 0) is 20.7 Å². The Morgan fingerprint density at radius 1 is 1.35 bits per heavy atom. The maximum absolute atomic E-state index is 13.1. The molecule has 0 N–H and O–H groups in total. The van der Waals surface area contributed by atoms with E-state index in [9.17, 15) is 14.0 Å². The van der Waals surface area contributed by atoms with Crippen LogP contribution in [0.2, 0.25) is 0 Å². The second kappa shape index (κ2) is 7.62. The number of benzene rings is 1. The largest absolute Gasteiger partial charge is 0.496 e. The molecule has 0 bridgehead atoms. The zero-order chi connectivity index (χ0) is 15.1. The molecule has 1 unspecified atom stereocenters. The summed E-state index contributed by atoms with van der Waals surface area (Å²) < 4.78 is 22.8. The molecule has 4 nitrogen and oxygen atoms in total. The third-order valence-electron chi connectivity index (χ3n) is 2.85. The quantitative estimate of drug-likeness (QED) is 0.569. The molecule has 0 heterocycles. The van der Waals surface area contributed by atoms with E-state index in [0.29, 0.717) is 12.2 Å². The molecule has 0 aliphatic carbocycles. The molecule has 0 saturated heterocycles. The molecule has 110 valence electrons. The minimum absolute atomic E-state index is 0.0636. The number of carbonyl (C=O) groups excluding carboxylic acids is 2. The zero-order valence-electron chi connectivity index (χ0n) is 11.9. The van der Waals surface area contributed by atoms with Crippen molar-refractivity contribution in [3.63, 3.8) is 0 Å². The van der Waals surface area contributed by atoms with Crippen LogP contribution in [0.25, 0.3) is 0 Å². The standard InChI is InChI=1S/C15H19FO4/c1-4-20-15(18)13(17)8-10(2)7-11-5-6-12(16)9-14(11)19-3/h5-6,9-10H,4,7-8H2,1-3H3. The molecular weight excluding hydrogens is 263 g/mol. The summed E-state index contributed by atoms with van der Waals surface area (Å²) in [7, 11) is 1.46. The Labute approximate surface area is 117 Å². The van der Waals surface area contributed by atoms with E-state index in [-0.39, 0.29) is 24.8 Å². The number of hydrogen-bond acceptors (Lipinski definition) is 4. The molecule has 0 spiro atoms. The maximum Gasteiger partial charge on any atom is 0.374 e. The van der Waals surface area contributed by atoms with E-state index >= 15 is 0 Å². The topological polar surface area (TPSA) is 52.6 Å². The highest BCUT2D eigenvalue weighted by molar-refractivity contribution is 6.33. The van der Waals surface area contributed by atoms with Gasteiger partial charge in [-0.25, -0.2) is 9.18 Å². The third-order valence-corrected chi connectivity index (χ3v) is 2.85. The lowest BCUT2D eigenvalue weighted by Crippen LogP contribution is -2.20. The monoisotopic (exact) mass is 282 g/mol. The number of ketones is 1. The lowest BCUT2D eigenvalue weighted by atomic mass is 9.95. The first-order valence-electron chi connectivity index (χ1n) is 6.50. The number of rotatable bonds is 7. The predicted octanol–water partition coefficient (Wildman–Crippen LogP) is 2.54. The Bertz CT molecular complexity index is 485. The zero-order valence-corrected chi connectivity index (χ0v) is 11.9. The van der Waals surface area contributed by atoms with Gasteiger partial charge < -0.3 is 9.47 Å². The summed E-state index contributed by atoms with van der Waals surface area (Å²) >= 11 is 0. The molecule has 0 aliphatic heterocycles. The van der Waals surface area contributed by atoms with E-state index in [4.69, 9.17) is 4.74 Å². The van der Waals surface area contributed by atoms with Crippen molar-refractivity contribution in [1.82, 2.24) is 0 Å². The Morgan fingerprint density at radius 2 is 2.05 bits per heavy atom. The number of ether oxygens (including phenoxy) is 2. The van der Waals surface area contributed by atoms with Gasteiger partial charge in [0.15, 0.2) is 0 Å². The Balaban J connectivity index is 2.64. The third kappa shape index (κ3) is 4.64. The van der Waals surface area contributed by atoms with Gasteiger partial charge in [-0.15, -0.1) is 0 Å². The number of halogens is 1. The van der Waals surface area contributed by atoms with Gasteiger partial charge in [-0.05, 0) is 30.9 Å². The van der Waals surface area contributed by atoms with Gasteiger partial charge in [0.25, 0.3) is 0 Å². The summed E-state index contributed by atoms with van der Waals surface area (Å²) in [5, 5.41) is 0. The summed E-state index contributed by atoms with van der Waals surface area (Å²) in [5.74, 6) is -1.33. The highest BCUT2D eigenvalue weighted by atomic mass is 19.1. The van der Waals surface area contributed by atoms with E-state index in [0.717, 1.165) is 5.56 Å². The van der Waals surface area contributed by atoms with Crippen molar-refractivity contribution in [2.75, 3.05) is 13.7 Å². The summed E-state index contributed by atoms with van der Waals surface area (Å²) in [5.41, 5.74) is 0.804. The fraction of sp³-hybridized carbons (Fsp3) is 0.467. The molecule has 0 aromatic heterocycles. The number of Topliss-reactive ketones (excluding diaryl/α,β-unsaturated/α-hetero) is 1. The van der Waals surface area contributed by atoms with E-state index in [2.05, 4.69) is 4.74 Å². The van der Waals surface area contributed by atoms with Crippen molar-refractivity contribution in [2.24, 2.45) is 5.92 Å². The molecule has 0 saturated carbocycles. The highest BCUT2D eigenvalue weighted by Crippen LogP contribution is 2.23. The molecule has 1 aromatic carbocycles. The second-order valence-corrected chi connectivity index (χ2v) is 4.61. The van der Waals surface area contributed by atoms with Crippen molar-refractivity contribution < 1.29 is 23.5 Å². The van der Waals surface area contributed by atoms with Crippen molar-refractivity contribution in [1.29, 1.82) is 0 Å². The molecule has 1 atom stereocenters. The van der Waals surface area contributed by atoms with Crippen LogP contribution in [0.15, 0.2) is 18.2 Å². The SMILES string of the molecule is CCOC(=O)C(=O)CC(C)Cc1ccc(F)cc1OC. The number of esters is 1. The van der Waals surface area contributed by atoms with Crippen molar-refractivity contribution >= 4 is 11.8 Å². The van der Waals surface area contributed by atoms with E-state index in [1.54, 1.807) is 13.0 Å². The van der Waals surface area contributed by atoms with Crippen LogP contribution in [0.4, 0.5) is 4.39 Å². The van der Waals surface area contributed by atoms with Gasteiger partial charge in [0, 0.05) is 12.5 Å². The smallest absolute Gasteiger partial charge is 0.374 e. The number of hydrogen-bond donors (Lipinski definition) is 0. The molecule has 0 fully saturated rings. The Hall–Kier alpha value is -1.91. The van der Waals surface area contributed by atoms with E-state index < -0.39 is 11.8 Å². The van der Waals surface area contributed by atoms with Crippen LogP contribution in [0.3, 0.4) is 0 Å². The van der Waals surface area contributed by atoms with Crippen LogP contribution in [0.5, 0.6) is 5.75 Å². The lowest BCUT2D eigenvalue weighted by molar-refractivity contribution is -0.153. The minimum atomic E-state index is -0.801. The first kappa shape index (κ1) is 16.1. The molecule has 1 rings (SSSR count). The molecule has 0 aliphatic rings.